The minimum atomic E-state index is -0.605. The highest BCUT2D eigenvalue weighted by molar-refractivity contribution is 6.07. The van der Waals surface area contributed by atoms with E-state index in [1.807, 2.05) is 6.92 Å². The highest BCUT2D eigenvalue weighted by atomic mass is 16.6. The zero-order chi connectivity index (χ0) is 14.5. The molecule has 0 aliphatic carbocycles. The first-order valence-electron chi connectivity index (χ1n) is 5.81. The van der Waals surface area contributed by atoms with Crippen LogP contribution in [0.25, 0.3) is 0 Å². The zero-order valence-electron chi connectivity index (χ0n) is 10.6. The van der Waals surface area contributed by atoms with Crippen molar-refractivity contribution in [3.63, 3.8) is 0 Å². The first-order valence-corrected chi connectivity index (χ1v) is 5.81. The predicted octanol–water partition coefficient (Wildman–Crippen LogP) is 1.40. The van der Waals surface area contributed by atoms with Crippen LogP contribution >= 0.6 is 0 Å². The van der Waals surface area contributed by atoms with E-state index in [0.29, 0.717) is 6.54 Å². The average Bonchev–Trinajstić information content (AvgIpc) is 2.92. The van der Waals surface area contributed by atoms with Crippen LogP contribution in [0.2, 0.25) is 0 Å². The van der Waals surface area contributed by atoms with Gasteiger partial charge in [-0.25, -0.2) is 9.97 Å². The Balaban J connectivity index is 2.33. The van der Waals surface area contributed by atoms with Gasteiger partial charge < -0.3 is 10.3 Å². The van der Waals surface area contributed by atoms with Crippen LogP contribution in [0.5, 0.6) is 0 Å². The summed E-state index contributed by atoms with van der Waals surface area (Å²) in [6.07, 6.45) is 4.13. The average molecular weight is 276 g/mol. The third-order valence-electron chi connectivity index (χ3n) is 2.40. The fourth-order valence-corrected chi connectivity index (χ4v) is 1.54. The second-order valence-electron chi connectivity index (χ2n) is 3.77. The van der Waals surface area contributed by atoms with E-state index in [4.69, 9.17) is 0 Å². The summed E-state index contributed by atoms with van der Waals surface area (Å²) >= 11 is 0. The summed E-state index contributed by atoms with van der Waals surface area (Å²) in [6, 6.07) is 1.17. The minimum absolute atomic E-state index is 0.0810. The molecule has 0 unspecified atom stereocenters. The lowest BCUT2D eigenvalue weighted by Gasteiger charge is -2.08. The zero-order valence-corrected chi connectivity index (χ0v) is 10.6. The van der Waals surface area contributed by atoms with Crippen molar-refractivity contribution in [2.24, 2.45) is 0 Å². The van der Waals surface area contributed by atoms with E-state index in [2.05, 4.69) is 25.6 Å². The molecule has 0 spiro atoms. The highest BCUT2D eigenvalue weighted by Crippen LogP contribution is 2.19. The van der Waals surface area contributed by atoms with Gasteiger partial charge >= 0.3 is 0 Å². The monoisotopic (exact) mass is 276 g/mol. The van der Waals surface area contributed by atoms with Crippen molar-refractivity contribution >= 4 is 23.4 Å². The van der Waals surface area contributed by atoms with Crippen molar-refractivity contribution in [2.75, 3.05) is 17.2 Å². The molecule has 0 saturated carbocycles. The molecule has 0 bridgehead atoms. The fraction of sp³-hybridized carbons (Fsp3) is 0.182. The largest absolute Gasteiger partial charge is 0.370 e. The number of nitrogens with one attached hydrogen (secondary N) is 3. The van der Waals surface area contributed by atoms with Crippen LogP contribution in [-0.2, 0) is 0 Å². The van der Waals surface area contributed by atoms with Crippen molar-refractivity contribution in [2.45, 2.75) is 6.92 Å². The Labute approximate surface area is 113 Å². The van der Waals surface area contributed by atoms with E-state index in [9.17, 15) is 14.9 Å². The standard InChI is InChI=1S/C11H12N6O3/c1-2-12-9-8(5-7(6-15-9)17(19)20)10(18)16-11-13-3-4-14-11/h3-6H,2H2,1H3,(H,12,15)(H2,13,14,16,18). The van der Waals surface area contributed by atoms with Crippen LogP contribution in [0.15, 0.2) is 24.7 Å². The normalized spacial score (nSPS) is 10.1. The Morgan fingerprint density at radius 2 is 2.30 bits per heavy atom. The molecular weight excluding hydrogens is 264 g/mol. The molecule has 2 heterocycles. The second-order valence-corrected chi connectivity index (χ2v) is 3.77. The van der Waals surface area contributed by atoms with Crippen molar-refractivity contribution in [1.82, 2.24) is 15.0 Å². The first-order chi connectivity index (χ1) is 9.61. The quantitative estimate of drug-likeness (QED) is 0.559. The van der Waals surface area contributed by atoms with Crippen molar-refractivity contribution in [3.05, 3.63) is 40.3 Å². The lowest BCUT2D eigenvalue weighted by atomic mass is 10.2. The second kappa shape index (κ2) is 5.78. The molecule has 0 saturated heterocycles. The predicted molar refractivity (Wildman–Crippen MR) is 71.6 cm³/mol. The summed E-state index contributed by atoms with van der Waals surface area (Å²) in [5, 5.41) is 16.1. The number of imidazole rings is 1. The first kappa shape index (κ1) is 13.5. The van der Waals surface area contributed by atoms with E-state index < -0.39 is 10.8 Å². The number of carbonyl (C=O) groups excluding carboxylic acids is 1. The number of aromatic nitrogens is 3. The van der Waals surface area contributed by atoms with Gasteiger partial charge in [0.1, 0.15) is 12.0 Å². The van der Waals surface area contributed by atoms with Crippen LogP contribution in [0.3, 0.4) is 0 Å². The molecule has 2 aromatic rings. The Morgan fingerprint density at radius 1 is 1.50 bits per heavy atom. The molecule has 0 fully saturated rings. The molecule has 104 valence electrons. The molecule has 3 N–H and O–H groups in total. The SMILES string of the molecule is CCNc1ncc([N+](=O)[O-])cc1C(=O)Nc1ncc[nH]1. The van der Waals surface area contributed by atoms with Gasteiger partial charge in [-0.05, 0) is 6.92 Å². The van der Waals surface area contributed by atoms with Gasteiger partial charge in [-0.1, -0.05) is 0 Å². The van der Waals surface area contributed by atoms with Crippen molar-refractivity contribution in [3.8, 4) is 0 Å². The number of hydrogen-bond donors (Lipinski definition) is 3. The van der Waals surface area contributed by atoms with Crippen LogP contribution < -0.4 is 10.6 Å². The number of aromatic amines is 1. The molecule has 0 aliphatic rings. The highest BCUT2D eigenvalue weighted by Gasteiger charge is 2.18. The molecule has 0 atom stereocenters. The number of H-pyrrole nitrogens is 1. The molecule has 0 radical (unpaired) electrons. The van der Waals surface area contributed by atoms with E-state index >= 15 is 0 Å². The van der Waals surface area contributed by atoms with Gasteiger partial charge in [0.15, 0.2) is 0 Å². The summed E-state index contributed by atoms with van der Waals surface area (Å²) in [5.41, 5.74) is -0.173. The van der Waals surface area contributed by atoms with Crippen LogP contribution in [-0.4, -0.2) is 32.3 Å². The van der Waals surface area contributed by atoms with Crippen molar-refractivity contribution in [1.29, 1.82) is 0 Å². The number of pyridine rings is 1. The smallest absolute Gasteiger partial charge is 0.288 e. The van der Waals surface area contributed by atoms with E-state index in [1.54, 1.807) is 6.20 Å². The number of rotatable bonds is 5. The molecule has 9 heteroatoms. The number of amides is 1. The summed E-state index contributed by atoms with van der Waals surface area (Å²) < 4.78 is 0. The Morgan fingerprint density at radius 3 is 2.90 bits per heavy atom. The van der Waals surface area contributed by atoms with Gasteiger partial charge in [0.2, 0.25) is 5.95 Å². The molecule has 20 heavy (non-hydrogen) atoms. The molecular formula is C11H12N6O3. The van der Waals surface area contributed by atoms with Crippen molar-refractivity contribution < 1.29 is 9.72 Å². The maximum atomic E-state index is 12.1. The number of nitrogens with zero attached hydrogens (tertiary/aromatic N) is 3. The number of anilines is 2. The van der Waals surface area contributed by atoms with E-state index in [1.165, 1.54) is 12.3 Å². The van der Waals surface area contributed by atoms with Gasteiger partial charge in [0, 0.05) is 25.0 Å². The molecule has 0 aliphatic heterocycles. The Hall–Kier alpha value is -2.97. The maximum Gasteiger partial charge on any atom is 0.288 e. The number of carbonyl (C=O) groups is 1. The lowest BCUT2D eigenvalue weighted by Crippen LogP contribution is -2.17. The molecule has 2 aromatic heterocycles. The van der Waals surface area contributed by atoms with E-state index in [-0.39, 0.29) is 23.0 Å². The third-order valence-corrected chi connectivity index (χ3v) is 2.40. The third kappa shape index (κ3) is 2.88. The summed E-state index contributed by atoms with van der Waals surface area (Å²) in [5.74, 6) is -0.00166. The van der Waals surface area contributed by atoms with Crippen LogP contribution in [0.1, 0.15) is 17.3 Å². The molecule has 0 aromatic carbocycles. The topological polar surface area (TPSA) is 126 Å². The molecule has 2 rings (SSSR count). The van der Waals surface area contributed by atoms with Gasteiger partial charge in [-0.2, -0.15) is 0 Å². The number of nitro groups is 1. The number of hydrogen-bond acceptors (Lipinski definition) is 6. The van der Waals surface area contributed by atoms with E-state index in [0.717, 1.165) is 6.20 Å². The Bertz CT molecular complexity index is 625. The summed E-state index contributed by atoms with van der Waals surface area (Å²) in [6.45, 7) is 2.36. The molecule has 9 nitrogen and oxygen atoms in total. The van der Waals surface area contributed by atoms with Gasteiger partial charge in [-0.15, -0.1) is 0 Å². The summed E-state index contributed by atoms with van der Waals surface area (Å²) in [4.78, 5) is 32.7. The van der Waals surface area contributed by atoms with Crippen LogP contribution in [0, 0.1) is 10.1 Å². The van der Waals surface area contributed by atoms with Crippen LogP contribution in [0.4, 0.5) is 17.5 Å². The minimum Gasteiger partial charge on any atom is -0.370 e. The van der Waals surface area contributed by atoms with Gasteiger partial charge in [0.05, 0.1) is 10.5 Å². The Kier molecular flexibility index (Phi) is 3.89. The lowest BCUT2D eigenvalue weighted by molar-refractivity contribution is -0.385. The van der Waals surface area contributed by atoms with Gasteiger partial charge in [-0.3, -0.25) is 20.2 Å². The maximum absolute atomic E-state index is 12.1. The fourth-order valence-electron chi connectivity index (χ4n) is 1.54. The summed E-state index contributed by atoms with van der Waals surface area (Å²) in [7, 11) is 0. The van der Waals surface area contributed by atoms with Gasteiger partial charge in [0.25, 0.3) is 11.6 Å². The molecule has 1 amide bonds.